The Labute approximate surface area is 160 Å². The van der Waals surface area contributed by atoms with Gasteiger partial charge in [-0.2, -0.15) is 0 Å². The van der Waals surface area contributed by atoms with Gasteiger partial charge in [0.1, 0.15) is 5.75 Å². The number of methoxy groups -OCH3 is 1. The van der Waals surface area contributed by atoms with Gasteiger partial charge in [-0.1, -0.05) is 22.0 Å². The molecule has 2 amide bonds. The third kappa shape index (κ3) is 5.86. The molecule has 0 spiro atoms. The summed E-state index contributed by atoms with van der Waals surface area (Å²) in [6.45, 7) is 0.958. The lowest BCUT2D eigenvalue weighted by molar-refractivity contribution is -0.130. The topological polar surface area (TPSA) is 58.6 Å². The summed E-state index contributed by atoms with van der Waals surface area (Å²) in [4.78, 5) is 26.4. The summed E-state index contributed by atoms with van der Waals surface area (Å²) >= 11 is 4.84. The summed E-state index contributed by atoms with van der Waals surface area (Å²) < 4.78 is 6.28. The van der Waals surface area contributed by atoms with Gasteiger partial charge in [-0.05, 0) is 36.1 Å². The molecule has 0 fully saturated rings. The second-order valence-corrected chi connectivity index (χ2v) is 7.41. The van der Waals surface area contributed by atoms with Gasteiger partial charge < -0.3 is 15.0 Å². The molecule has 0 radical (unpaired) electrons. The minimum atomic E-state index is -0.0883. The first-order valence-corrected chi connectivity index (χ1v) is 9.56. The van der Waals surface area contributed by atoms with Crippen LogP contribution in [0.2, 0.25) is 0 Å². The van der Waals surface area contributed by atoms with E-state index in [1.807, 2.05) is 29.6 Å². The summed E-state index contributed by atoms with van der Waals surface area (Å²) in [5.41, 5.74) is 0.943. The predicted octanol–water partition coefficient (Wildman–Crippen LogP) is 3.69. The van der Waals surface area contributed by atoms with Crippen molar-refractivity contribution in [3.8, 4) is 5.75 Å². The predicted molar refractivity (Wildman–Crippen MR) is 103 cm³/mol. The highest BCUT2D eigenvalue weighted by Gasteiger charge is 2.13. The summed E-state index contributed by atoms with van der Waals surface area (Å²) in [5, 5.41) is 4.69. The van der Waals surface area contributed by atoms with Gasteiger partial charge in [0.2, 0.25) is 5.91 Å². The molecule has 0 saturated heterocycles. The van der Waals surface area contributed by atoms with Crippen LogP contribution in [0.25, 0.3) is 0 Å². The maximum absolute atomic E-state index is 12.3. The van der Waals surface area contributed by atoms with E-state index in [0.717, 1.165) is 15.8 Å². The zero-order chi connectivity index (χ0) is 18.2. The van der Waals surface area contributed by atoms with Crippen molar-refractivity contribution in [2.45, 2.75) is 19.4 Å². The molecular weight excluding hydrogens is 404 g/mol. The lowest BCUT2D eigenvalue weighted by atomic mass is 10.2. The summed E-state index contributed by atoms with van der Waals surface area (Å²) in [6.07, 6.45) is 0.993. The zero-order valence-electron chi connectivity index (χ0n) is 14.3. The molecule has 0 aliphatic heterocycles. The fraction of sp³-hybridized carbons (Fsp3) is 0.333. The third-order valence-corrected chi connectivity index (χ3v) is 5.04. The maximum Gasteiger partial charge on any atom is 0.261 e. The Bertz CT molecular complexity index is 719. The third-order valence-electron chi connectivity index (χ3n) is 3.67. The molecule has 0 saturated carbocycles. The maximum atomic E-state index is 12.3. The molecule has 1 aromatic heterocycles. The Morgan fingerprint density at radius 1 is 1.32 bits per heavy atom. The molecular formula is C18H21BrN2O3S. The highest BCUT2D eigenvalue weighted by atomic mass is 79.9. The van der Waals surface area contributed by atoms with E-state index in [1.165, 1.54) is 11.3 Å². The van der Waals surface area contributed by atoms with E-state index in [9.17, 15) is 9.59 Å². The average molecular weight is 425 g/mol. The molecule has 7 heteroatoms. The quantitative estimate of drug-likeness (QED) is 0.657. The molecule has 25 heavy (non-hydrogen) atoms. The monoisotopic (exact) mass is 424 g/mol. The Hall–Kier alpha value is -1.86. The number of rotatable bonds is 8. The van der Waals surface area contributed by atoms with Crippen molar-refractivity contribution in [2.75, 3.05) is 20.7 Å². The zero-order valence-corrected chi connectivity index (χ0v) is 16.7. The van der Waals surface area contributed by atoms with Crippen molar-refractivity contribution < 1.29 is 14.3 Å². The van der Waals surface area contributed by atoms with E-state index in [4.69, 9.17) is 4.74 Å². The van der Waals surface area contributed by atoms with Gasteiger partial charge in [0.25, 0.3) is 5.91 Å². The number of carbonyl (C=O) groups excluding carboxylic acids is 2. The number of halogens is 1. The first-order valence-electron chi connectivity index (χ1n) is 7.89. The average Bonchev–Trinajstić information content (AvgIpc) is 3.13. The molecule has 1 heterocycles. The van der Waals surface area contributed by atoms with Crippen molar-refractivity contribution in [2.24, 2.45) is 0 Å². The number of hydrogen-bond acceptors (Lipinski definition) is 4. The van der Waals surface area contributed by atoms with E-state index in [1.54, 1.807) is 25.1 Å². The largest absolute Gasteiger partial charge is 0.496 e. The van der Waals surface area contributed by atoms with E-state index in [0.29, 0.717) is 30.8 Å². The molecule has 134 valence electrons. The molecule has 2 rings (SSSR count). The summed E-state index contributed by atoms with van der Waals surface area (Å²) in [7, 11) is 3.39. The van der Waals surface area contributed by atoms with Crippen molar-refractivity contribution in [1.29, 1.82) is 0 Å². The van der Waals surface area contributed by atoms with Crippen molar-refractivity contribution in [3.05, 3.63) is 50.6 Å². The van der Waals surface area contributed by atoms with Gasteiger partial charge in [-0.15, -0.1) is 11.3 Å². The standard InChI is InChI=1S/C18H21BrN2O3S/c1-21(12-13-11-14(19)7-8-15(13)24-2)17(22)6-3-9-20-18(23)16-5-4-10-25-16/h4-5,7-8,10-11H,3,6,9,12H2,1-2H3,(H,20,23). The summed E-state index contributed by atoms with van der Waals surface area (Å²) in [5.74, 6) is 0.702. The Kier molecular flexibility index (Phi) is 7.46. The van der Waals surface area contributed by atoms with Gasteiger partial charge in [0.05, 0.1) is 12.0 Å². The number of ether oxygens (including phenoxy) is 1. The van der Waals surface area contributed by atoms with Crippen LogP contribution in [-0.4, -0.2) is 37.4 Å². The van der Waals surface area contributed by atoms with E-state index in [-0.39, 0.29) is 11.8 Å². The Morgan fingerprint density at radius 3 is 2.80 bits per heavy atom. The fourth-order valence-corrected chi connectivity index (χ4v) is 3.39. The number of nitrogens with one attached hydrogen (secondary N) is 1. The van der Waals surface area contributed by atoms with Crippen LogP contribution >= 0.6 is 27.3 Å². The molecule has 0 bridgehead atoms. The molecule has 5 nitrogen and oxygen atoms in total. The van der Waals surface area contributed by atoms with Crippen molar-refractivity contribution >= 4 is 39.1 Å². The van der Waals surface area contributed by atoms with E-state index < -0.39 is 0 Å². The fourth-order valence-electron chi connectivity index (χ4n) is 2.34. The van der Waals surface area contributed by atoms with Crippen LogP contribution < -0.4 is 10.1 Å². The molecule has 1 aromatic carbocycles. The van der Waals surface area contributed by atoms with Gasteiger partial charge in [0.15, 0.2) is 0 Å². The van der Waals surface area contributed by atoms with E-state index in [2.05, 4.69) is 21.2 Å². The number of nitrogens with zero attached hydrogens (tertiary/aromatic N) is 1. The van der Waals surface area contributed by atoms with Crippen molar-refractivity contribution in [3.63, 3.8) is 0 Å². The Balaban J connectivity index is 1.77. The minimum Gasteiger partial charge on any atom is -0.496 e. The van der Waals surface area contributed by atoms with Crippen LogP contribution in [0.3, 0.4) is 0 Å². The summed E-state index contributed by atoms with van der Waals surface area (Å²) in [6, 6.07) is 9.35. The number of thiophene rings is 1. The number of hydrogen-bond donors (Lipinski definition) is 1. The van der Waals surface area contributed by atoms with Gasteiger partial charge >= 0.3 is 0 Å². The molecule has 1 N–H and O–H groups in total. The molecule has 0 unspecified atom stereocenters. The Morgan fingerprint density at radius 2 is 2.12 bits per heavy atom. The van der Waals surface area contributed by atoms with Crippen molar-refractivity contribution in [1.82, 2.24) is 10.2 Å². The van der Waals surface area contributed by atoms with Gasteiger partial charge in [-0.3, -0.25) is 9.59 Å². The van der Waals surface area contributed by atoms with E-state index >= 15 is 0 Å². The van der Waals surface area contributed by atoms with Crippen LogP contribution in [0.5, 0.6) is 5.75 Å². The number of carbonyl (C=O) groups is 2. The SMILES string of the molecule is COc1ccc(Br)cc1CN(C)C(=O)CCCNC(=O)c1cccs1. The molecule has 0 atom stereocenters. The van der Waals surface area contributed by atoms with Crippen LogP contribution in [0, 0.1) is 0 Å². The second-order valence-electron chi connectivity index (χ2n) is 5.54. The van der Waals surface area contributed by atoms with Crippen LogP contribution in [-0.2, 0) is 11.3 Å². The lowest BCUT2D eigenvalue weighted by Gasteiger charge is -2.19. The first kappa shape index (κ1) is 19.5. The highest BCUT2D eigenvalue weighted by molar-refractivity contribution is 9.10. The van der Waals surface area contributed by atoms with Gasteiger partial charge in [0, 0.05) is 36.6 Å². The lowest BCUT2D eigenvalue weighted by Crippen LogP contribution is -2.28. The number of benzene rings is 1. The van der Waals surface area contributed by atoms with Crippen LogP contribution in [0.15, 0.2) is 40.2 Å². The smallest absolute Gasteiger partial charge is 0.261 e. The molecule has 0 aliphatic rings. The second kappa shape index (κ2) is 9.58. The van der Waals surface area contributed by atoms with Crippen LogP contribution in [0.1, 0.15) is 28.1 Å². The number of amides is 2. The normalized spacial score (nSPS) is 10.4. The van der Waals surface area contributed by atoms with Gasteiger partial charge in [-0.25, -0.2) is 0 Å². The molecule has 2 aromatic rings. The van der Waals surface area contributed by atoms with Crippen LogP contribution in [0.4, 0.5) is 0 Å². The first-order chi connectivity index (χ1) is 12.0. The minimum absolute atomic E-state index is 0.0346. The molecule has 0 aliphatic carbocycles. The highest BCUT2D eigenvalue weighted by Crippen LogP contribution is 2.24.